The van der Waals surface area contributed by atoms with Gasteiger partial charge in [-0.15, -0.1) is 10.2 Å². The van der Waals surface area contributed by atoms with Crippen LogP contribution in [0, 0.1) is 0 Å². The second-order valence-corrected chi connectivity index (χ2v) is 14.3. The van der Waals surface area contributed by atoms with E-state index in [9.17, 15) is 0 Å². The van der Waals surface area contributed by atoms with Crippen LogP contribution in [0.2, 0.25) is 0 Å². The summed E-state index contributed by atoms with van der Waals surface area (Å²) in [5.41, 5.74) is 10.1. The first-order valence-electron chi connectivity index (χ1n) is 17.9. The molecule has 0 radical (unpaired) electrons. The van der Waals surface area contributed by atoms with Crippen molar-refractivity contribution in [1.82, 2.24) is 39.3 Å². The van der Waals surface area contributed by atoms with Crippen LogP contribution in [0.3, 0.4) is 0 Å². The minimum absolute atomic E-state index is 0.842. The van der Waals surface area contributed by atoms with Crippen LogP contribution in [0.1, 0.15) is 0 Å². The van der Waals surface area contributed by atoms with Crippen molar-refractivity contribution in [1.29, 1.82) is 0 Å². The summed E-state index contributed by atoms with van der Waals surface area (Å²) in [5, 5.41) is 15.8. The maximum Gasteiger partial charge on any atom is 0.148 e. The maximum absolute atomic E-state index is 5.11. The summed E-state index contributed by atoms with van der Waals surface area (Å²) in [6.45, 7) is 0. The topological polar surface area (TPSA) is 87.2 Å². The van der Waals surface area contributed by atoms with Gasteiger partial charge in [-0.3, -0.25) is 19.1 Å². The summed E-state index contributed by atoms with van der Waals surface area (Å²) >= 11 is 1.60. The smallest absolute Gasteiger partial charge is 0.148 e. The van der Waals surface area contributed by atoms with E-state index >= 15 is 0 Å². The van der Waals surface area contributed by atoms with E-state index in [1.807, 2.05) is 48.8 Å². The van der Waals surface area contributed by atoms with Crippen molar-refractivity contribution in [2.75, 3.05) is 0 Å². The number of nitrogens with zero attached hydrogens (tertiary/aromatic N) is 8. The number of pyridine rings is 4. The molecular formula is C46H28N8S. The first kappa shape index (κ1) is 31.2. The van der Waals surface area contributed by atoms with E-state index in [4.69, 9.17) is 20.2 Å². The monoisotopic (exact) mass is 724 g/mol. The van der Waals surface area contributed by atoms with Gasteiger partial charge in [0.15, 0.2) is 0 Å². The molecule has 0 spiro atoms. The zero-order valence-electron chi connectivity index (χ0n) is 29.2. The van der Waals surface area contributed by atoms with Crippen molar-refractivity contribution in [2.45, 2.75) is 0 Å². The van der Waals surface area contributed by atoms with Crippen LogP contribution in [0.5, 0.6) is 0 Å². The molecule has 11 rings (SSSR count). The molecule has 0 fully saturated rings. The molecule has 0 unspecified atom stereocenters. The third kappa shape index (κ3) is 5.13. The Balaban J connectivity index is 1.02. The Morgan fingerprint density at radius 1 is 0.418 bits per heavy atom. The van der Waals surface area contributed by atoms with E-state index in [2.05, 4.69) is 128 Å². The van der Waals surface area contributed by atoms with E-state index in [0.29, 0.717) is 0 Å². The van der Waals surface area contributed by atoms with Crippen molar-refractivity contribution in [3.05, 3.63) is 170 Å². The molecule has 7 aromatic heterocycles. The standard InChI is InChI=1S/C46H28N8S/c1-3-17-38-32(12-1)35-26-29(22-23-40(35)53(38)42-20-6-15-36(49-42)30-10-8-24-47-27-30)45-51-52-46(55-45)34-14-5-19-41-44(34)33-13-2-4-18-39(33)54(41)43-21-7-16-37(50-43)31-11-9-25-48-28-31/h1-28H. The van der Waals surface area contributed by atoms with Crippen molar-refractivity contribution >= 4 is 54.9 Å². The van der Waals surface area contributed by atoms with Gasteiger partial charge in [-0.05, 0) is 84.9 Å². The molecule has 0 atom stereocenters. The number of rotatable bonds is 6. The van der Waals surface area contributed by atoms with Gasteiger partial charge in [0.25, 0.3) is 0 Å². The van der Waals surface area contributed by atoms with Crippen LogP contribution in [-0.2, 0) is 0 Å². The van der Waals surface area contributed by atoms with Crippen molar-refractivity contribution in [3.8, 4) is 55.3 Å². The molecule has 0 aliphatic carbocycles. The zero-order chi connectivity index (χ0) is 36.3. The molecule has 4 aromatic carbocycles. The van der Waals surface area contributed by atoms with Gasteiger partial charge < -0.3 is 0 Å². The van der Waals surface area contributed by atoms with Gasteiger partial charge in [0, 0.05) is 68.6 Å². The fraction of sp³-hybridized carbons (Fsp3) is 0. The molecule has 0 N–H and O–H groups in total. The first-order chi connectivity index (χ1) is 27.3. The molecule has 7 heterocycles. The lowest BCUT2D eigenvalue weighted by Gasteiger charge is -2.09. The highest BCUT2D eigenvalue weighted by Gasteiger charge is 2.20. The SMILES string of the molecule is c1cncc(-c2cccc(-n3c4ccccc4c4cc(-c5nnc(-c6cccc7c6c6ccccc6n7-c6cccc(-c7cccnc7)n6)s5)ccc43)n2)c1. The Morgan fingerprint density at radius 3 is 1.69 bits per heavy atom. The lowest BCUT2D eigenvalue weighted by atomic mass is 10.1. The molecule has 55 heavy (non-hydrogen) atoms. The summed E-state index contributed by atoms with van der Waals surface area (Å²) < 4.78 is 4.47. The van der Waals surface area contributed by atoms with Crippen LogP contribution >= 0.6 is 11.3 Å². The molecule has 0 aliphatic heterocycles. The van der Waals surface area contributed by atoms with E-state index in [1.165, 1.54) is 0 Å². The number of hydrogen-bond donors (Lipinski definition) is 0. The Morgan fingerprint density at radius 2 is 1.00 bits per heavy atom. The van der Waals surface area contributed by atoms with Gasteiger partial charge >= 0.3 is 0 Å². The molecule has 0 saturated heterocycles. The molecule has 9 heteroatoms. The summed E-state index contributed by atoms with van der Waals surface area (Å²) in [6, 6.07) is 50.1. The Kier molecular flexibility index (Phi) is 7.17. The van der Waals surface area contributed by atoms with Gasteiger partial charge in [-0.25, -0.2) is 9.97 Å². The quantitative estimate of drug-likeness (QED) is 0.170. The Labute approximate surface area is 318 Å². The Hall–Kier alpha value is -7.36. The van der Waals surface area contributed by atoms with Gasteiger partial charge in [-0.2, -0.15) is 0 Å². The average Bonchev–Trinajstić information content (AvgIpc) is 3.98. The molecule has 11 aromatic rings. The molecule has 0 amide bonds. The molecule has 8 nitrogen and oxygen atoms in total. The highest BCUT2D eigenvalue weighted by molar-refractivity contribution is 7.18. The zero-order valence-corrected chi connectivity index (χ0v) is 30.0. The second kappa shape index (κ2) is 12.6. The summed E-state index contributed by atoms with van der Waals surface area (Å²) in [7, 11) is 0. The second-order valence-electron chi connectivity index (χ2n) is 13.3. The lowest BCUT2D eigenvalue weighted by molar-refractivity contribution is 1.08. The molecule has 0 saturated carbocycles. The highest BCUT2D eigenvalue weighted by Crippen LogP contribution is 2.41. The van der Waals surface area contributed by atoms with E-state index in [0.717, 1.165) is 98.9 Å². The number of fused-ring (bicyclic) bond motifs is 6. The average molecular weight is 725 g/mol. The number of para-hydroxylation sites is 2. The van der Waals surface area contributed by atoms with Crippen LogP contribution in [0.15, 0.2) is 170 Å². The van der Waals surface area contributed by atoms with Crippen LogP contribution in [-0.4, -0.2) is 39.3 Å². The summed E-state index contributed by atoms with van der Waals surface area (Å²) in [5.74, 6) is 1.69. The molecular weight excluding hydrogens is 697 g/mol. The number of hydrogen-bond acceptors (Lipinski definition) is 7. The van der Waals surface area contributed by atoms with Crippen LogP contribution in [0.25, 0.3) is 98.9 Å². The lowest BCUT2D eigenvalue weighted by Crippen LogP contribution is -1.98. The van der Waals surface area contributed by atoms with Crippen LogP contribution in [0.4, 0.5) is 0 Å². The predicted molar refractivity (Wildman–Crippen MR) is 222 cm³/mol. The molecule has 0 aliphatic rings. The summed E-state index contributed by atoms with van der Waals surface area (Å²) in [6.07, 6.45) is 7.25. The predicted octanol–water partition coefficient (Wildman–Crippen LogP) is 11.0. The Bertz CT molecular complexity index is 3220. The van der Waals surface area contributed by atoms with E-state index in [-0.39, 0.29) is 0 Å². The third-order valence-electron chi connectivity index (χ3n) is 10.1. The largest absolute Gasteiger partial charge is 0.294 e. The highest BCUT2D eigenvalue weighted by atomic mass is 32.1. The fourth-order valence-corrected chi connectivity index (χ4v) is 8.56. The first-order valence-corrected chi connectivity index (χ1v) is 18.8. The minimum Gasteiger partial charge on any atom is -0.294 e. The van der Waals surface area contributed by atoms with E-state index < -0.39 is 0 Å². The number of benzene rings is 4. The van der Waals surface area contributed by atoms with Gasteiger partial charge in [-0.1, -0.05) is 72.0 Å². The van der Waals surface area contributed by atoms with Gasteiger partial charge in [0.1, 0.15) is 21.7 Å². The molecule has 258 valence electrons. The van der Waals surface area contributed by atoms with Gasteiger partial charge in [0.2, 0.25) is 0 Å². The maximum atomic E-state index is 5.11. The fourth-order valence-electron chi connectivity index (χ4n) is 7.69. The van der Waals surface area contributed by atoms with Crippen molar-refractivity contribution < 1.29 is 0 Å². The van der Waals surface area contributed by atoms with E-state index in [1.54, 1.807) is 23.7 Å². The third-order valence-corrected chi connectivity index (χ3v) is 11.1. The van der Waals surface area contributed by atoms with Gasteiger partial charge in [0.05, 0.1) is 33.5 Å². The number of aromatic nitrogens is 8. The molecule has 0 bridgehead atoms. The van der Waals surface area contributed by atoms with Crippen LogP contribution < -0.4 is 0 Å². The van der Waals surface area contributed by atoms with Crippen molar-refractivity contribution in [2.24, 2.45) is 0 Å². The normalized spacial score (nSPS) is 11.6. The van der Waals surface area contributed by atoms with Crippen molar-refractivity contribution in [3.63, 3.8) is 0 Å². The summed E-state index contributed by atoms with van der Waals surface area (Å²) in [4.78, 5) is 18.8. The minimum atomic E-state index is 0.842.